The second-order valence-corrected chi connectivity index (χ2v) is 4.86. The number of para-hydroxylation sites is 1. The normalized spacial score (nSPS) is 33.7. The fourth-order valence-electron chi connectivity index (χ4n) is 3.37. The van der Waals surface area contributed by atoms with Gasteiger partial charge in [0, 0.05) is 24.8 Å². The third-order valence-electron chi connectivity index (χ3n) is 4.17. The van der Waals surface area contributed by atoms with Crippen LogP contribution in [0.15, 0.2) is 24.3 Å². The van der Waals surface area contributed by atoms with Crippen LogP contribution in [-0.4, -0.2) is 13.1 Å². The summed E-state index contributed by atoms with van der Waals surface area (Å²) in [5, 5.41) is 0. The molecule has 2 N–H and O–H groups in total. The van der Waals surface area contributed by atoms with Crippen molar-refractivity contribution in [3.8, 4) is 0 Å². The molecule has 1 aromatic carbocycles. The number of hydrogen-bond donors (Lipinski definition) is 1. The largest absolute Gasteiger partial charge is 0.371 e. The summed E-state index contributed by atoms with van der Waals surface area (Å²) in [7, 11) is 2.22. The quantitative estimate of drug-likeness (QED) is 0.699. The topological polar surface area (TPSA) is 29.3 Å². The van der Waals surface area contributed by atoms with Crippen LogP contribution in [0.5, 0.6) is 0 Å². The molecule has 80 valence electrons. The Morgan fingerprint density at radius 1 is 1.27 bits per heavy atom. The highest BCUT2D eigenvalue weighted by molar-refractivity contribution is 5.58. The summed E-state index contributed by atoms with van der Waals surface area (Å²) in [6.45, 7) is 0. The lowest BCUT2D eigenvalue weighted by molar-refractivity contribution is 0.370. The van der Waals surface area contributed by atoms with Gasteiger partial charge in [-0.3, -0.25) is 0 Å². The van der Waals surface area contributed by atoms with E-state index in [0.29, 0.717) is 12.0 Å². The van der Waals surface area contributed by atoms with E-state index in [-0.39, 0.29) is 6.04 Å². The number of benzene rings is 1. The van der Waals surface area contributed by atoms with Crippen LogP contribution in [-0.2, 0) is 0 Å². The molecule has 3 rings (SSSR count). The van der Waals surface area contributed by atoms with Gasteiger partial charge in [-0.1, -0.05) is 24.6 Å². The van der Waals surface area contributed by atoms with Crippen molar-refractivity contribution in [2.24, 2.45) is 11.7 Å². The molecule has 3 atom stereocenters. The first kappa shape index (κ1) is 9.22. The van der Waals surface area contributed by atoms with E-state index in [1.807, 2.05) is 0 Å². The molecule has 0 amide bonds. The SMILES string of the molecule is CN1c2ccccc2C(N)C2CCCC21. The maximum atomic E-state index is 6.37. The molecular weight excluding hydrogens is 184 g/mol. The third-order valence-corrected chi connectivity index (χ3v) is 4.17. The minimum atomic E-state index is 0.255. The summed E-state index contributed by atoms with van der Waals surface area (Å²) in [5.74, 6) is 0.671. The van der Waals surface area contributed by atoms with Crippen molar-refractivity contribution in [3.05, 3.63) is 29.8 Å². The smallest absolute Gasteiger partial charge is 0.0414 e. The molecule has 3 unspecified atom stereocenters. The summed E-state index contributed by atoms with van der Waals surface area (Å²) in [5.41, 5.74) is 9.04. The van der Waals surface area contributed by atoms with Gasteiger partial charge in [0.15, 0.2) is 0 Å². The van der Waals surface area contributed by atoms with Crippen molar-refractivity contribution in [1.82, 2.24) is 0 Å². The van der Waals surface area contributed by atoms with E-state index in [9.17, 15) is 0 Å². The zero-order valence-corrected chi connectivity index (χ0v) is 9.19. The number of rotatable bonds is 0. The van der Waals surface area contributed by atoms with E-state index >= 15 is 0 Å². The summed E-state index contributed by atoms with van der Waals surface area (Å²) in [6.07, 6.45) is 3.94. The van der Waals surface area contributed by atoms with Gasteiger partial charge in [-0.05, 0) is 30.4 Å². The second kappa shape index (κ2) is 3.24. The number of anilines is 1. The third kappa shape index (κ3) is 1.21. The van der Waals surface area contributed by atoms with Crippen molar-refractivity contribution in [3.63, 3.8) is 0 Å². The van der Waals surface area contributed by atoms with Crippen LogP contribution in [0.4, 0.5) is 5.69 Å². The number of hydrogen-bond acceptors (Lipinski definition) is 2. The fourth-order valence-corrected chi connectivity index (χ4v) is 3.37. The highest BCUT2D eigenvalue weighted by Crippen LogP contribution is 2.45. The molecule has 0 bridgehead atoms. The Morgan fingerprint density at radius 3 is 2.93 bits per heavy atom. The minimum Gasteiger partial charge on any atom is -0.371 e. The van der Waals surface area contributed by atoms with E-state index < -0.39 is 0 Å². The van der Waals surface area contributed by atoms with Gasteiger partial charge in [-0.15, -0.1) is 0 Å². The molecule has 0 saturated heterocycles. The Bertz CT molecular complexity index is 340. The molecule has 2 heteroatoms. The maximum absolute atomic E-state index is 6.37. The molecule has 1 saturated carbocycles. The zero-order chi connectivity index (χ0) is 10.4. The van der Waals surface area contributed by atoms with E-state index in [1.165, 1.54) is 30.5 Å². The molecule has 2 aliphatic rings. The van der Waals surface area contributed by atoms with Crippen molar-refractivity contribution >= 4 is 5.69 Å². The van der Waals surface area contributed by atoms with Gasteiger partial charge >= 0.3 is 0 Å². The van der Waals surface area contributed by atoms with E-state index in [4.69, 9.17) is 5.73 Å². The van der Waals surface area contributed by atoms with Crippen LogP contribution in [0.3, 0.4) is 0 Å². The number of nitrogens with two attached hydrogens (primary N) is 1. The van der Waals surface area contributed by atoms with Crippen molar-refractivity contribution in [2.75, 3.05) is 11.9 Å². The van der Waals surface area contributed by atoms with Crippen LogP contribution in [0.25, 0.3) is 0 Å². The lowest BCUT2D eigenvalue weighted by atomic mass is 9.84. The highest BCUT2D eigenvalue weighted by atomic mass is 15.2. The van der Waals surface area contributed by atoms with E-state index in [2.05, 4.69) is 36.2 Å². The van der Waals surface area contributed by atoms with Crippen LogP contribution in [0, 0.1) is 5.92 Å². The first-order valence-electron chi connectivity index (χ1n) is 5.86. The number of fused-ring (bicyclic) bond motifs is 2. The molecule has 0 radical (unpaired) electrons. The van der Waals surface area contributed by atoms with E-state index in [1.54, 1.807) is 0 Å². The van der Waals surface area contributed by atoms with Gasteiger partial charge in [-0.2, -0.15) is 0 Å². The average molecular weight is 202 g/mol. The second-order valence-electron chi connectivity index (χ2n) is 4.86. The molecule has 0 spiro atoms. The molecular formula is C13H18N2. The molecule has 1 aromatic rings. The molecule has 1 aliphatic carbocycles. The molecule has 1 heterocycles. The summed E-state index contributed by atoms with van der Waals surface area (Å²) >= 11 is 0. The molecule has 2 nitrogen and oxygen atoms in total. The maximum Gasteiger partial charge on any atom is 0.0414 e. The Morgan fingerprint density at radius 2 is 2.07 bits per heavy atom. The Kier molecular flexibility index (Phi) is 1.99. The molecule has 1 fully saturated rings. The predicted molar refractivity (Wildman–Crippen MR) is 62.9 cm³/mol. The summed E-state index contributed by atoms with van der Waals surface area (Å²) in [6, 6.07) is 9.52. The Hall–Kier alpha value is -1.02. The standard InChI is InChI=1S/C13H18N2/c1-15-11-7-3-2-5-9(11)13(14)10-6-4-8-12(10)15/h2-3,5,7,10,12-13H,4,6,8,14H2,1H3. The van der Waals surface area contributed by atoms with Gasteiger partial charge in [0.05, 0.1) is 0 Å². The van der Waals surface area contributed by atoms with Gasteiger partial charge < -0.3 is 10.6 Å². The fraction of sp³-hybridized carbons (Fsp3) is 0.538. The van der Waals surface area contributed by atoms with Crippen molar-refractivity contribution in [2.45, 2.75) is 31.3 Å². The molecule has 1 aliphatic heterocycles. The van der Waals surface area contributed by atoms with E-state index in [0.717, 1.165) is 0 Å². The van der Waals surface area contributed by atoms with Crippen molar-refractivity contribution < 1.29 is 0 Å². The highest BCUT2D eigenvalue weighted by Gasteiger charge is 2.40. The lowest BCUT2D eigenvalue weighted by Gasteiger charge is -2.41. The lowest BCUT2D eigenvalue weighted by Crippen LogP contribution is -2.44. The van der Waals surface area contributed by atoms with Gasteiger partial charge in [0.25, 0.3) is 0 Å². The van der Waals surface area contributed by atoms with Crippen LogP contribution >= 0.6 is 0 Å². The van der Waals surface area contributed by atoms with Gasteiger partial charge in [0.2, 0.25) is 0 Å². The van der Waals surface area contributed by atoms with Crippen molar-refractivity contribution in [1.29, 1.82) is 0 Å². The van der Waals surface area contributed by atoms with Gasteiger partial charge in [-0.25, -0.2) is 0 Å². The average Bonchev–Trinajstić information content (AvgIpc) is 2.75. The molecule has 15 heavy (non-hydrogen) atoms. The summed E-state index contributed by atoms with van der Waals surface area (Å²) in [4.78, 5) is 2.44. The summed E-state index contributed by atoms with van der Waals surface area (Å²) < 4.78 is 0. The van der Waals surface area contributed by atoms with Crippen LogP contribution in [0.2, 0.25) is 0 Å². The number of nitrogens with zero attached hydrogens (tertiary/aromatic N) is 1. The monoisotopic (exact) mass is 202 g/mol. The van der Waals surface area contributed by atoms with Crippen LogP contribution in [0.1, 0.15) is 30.9 Å². The van der Waals surface area contributed by atoms with Crippen LogP contribution < -0.4 is 10.6 Å². The Labute approximate surface area is 91.1 Å². The first-order valence-corrected chi connectivity index (χ1v) is 5.86. The Balaban J connectivity index is 2.10. The predicted octanol–water partition coefficient (Wildman–Crippen LogP) is 2.30. The minimum absolute atomic E-state index is 0.255. The van der Waals surface area contributed by atoms with Gasteiger partial charge in [0.1, 0.15) is 0 Å². The molecule has 0 aromatic heterocycles. The zero-order valence-electron chi connectivity index (χ0n) is 9.19. The first-order chi connectivity index (χ1) is 7.29.